The van der Waals surface area contributed by atoms with Gasteiger partial charge in [-0.15, -0.1) is 0 Å². The topological polar surface area (TPSA) is 58.9 Å². The predicted molar refractivity (Wildman–Crippen MR) is 142 cm³/mol. The van der Waals surface area contributed by atoms with Crippen LogP contribution in [0.2, 0.25) is 0 Å². The van der Waals surface area contributed by atoms with Crippen LogP contribution in [-0.2, 0) is 5.41 Å². The highest BCUT2D eigenvalue weighted by molar-refractivity contribution is 5.86. The van der Waals surface area contributed by atoms with Gasteiger partial charge >= 0.3 is 0 Å². The first kappa shape index (κ1) is 26.0. The standard InChI is InChI=1S/C29H26O4.2CH4/c30-17-19-32-23-13-9-21(10-14-23)29(22-11-15-24(16-12-22)33-20-18-31)27-7-3-1-5-25(27)26-6-2-4-8-28(26)29;;/h1-16,30-31H,17-20H2;2*1H4. The van der Waals surface area contributed by atoms with Gasteiger partial charge in [0.2, 0.25) is 0 Å². The number of hydrogen-bond donors (Lipinski definition) is 2. The van der Waals surface area contributed by atoms with Crippen molar-refractivity contribution in [2.45, 2.75) is 20.3 Å². The summed E-state index contributed by atoms with van der Waals surface area (Å²) in [7, 11) is 0. The Morgan fingerprint density at radius 1 is 0.514 bits per heavy atom. The summed E-state index contributed by atoms with van der Waals surface area (Å²) in [6, 6.07) is 33.5. The molecule has 0 radical (unpaired) electrons. The van der Waals surface area contributed by atoms with Crippen molar-refractivity contribution < 1.29 is 19.7 Å². The molecule has 4 aromatic rings. The van der Waals surface area contributed by atoms with Crippen LogP contribution in [0.25, 0.3) is 11.1 Å². The van der Waals surface area contributed by atoms with Gasteiger partial charge in [-0.3, -0.25) is 0 Å². The third-order valence-electron chi connectivity index (χ3n) is 6.25. The van der Waals surface area contributed by atoms with Gasteiger partial charge in [-0.05, 0) is 57.6 Å². The third kappa shape index (κ3) is 4.43. The molecule has 0 heterocycles. The van der Waals surface area contributed by atoms with Crippen molar-refractivity contribution in [2.24, 2.45) is 0 Å². The summed E-state index contributed by atoms with van der Waals surface area (Å²) in [5.74, 6) is 1.46. The van der Waals surface area contributed by atoms with E-state index in [1.807, 2.05) is 24.3 Å². The van der Waals surface area contributed by atoms with Gasteiger partial charge in [0.25, 0.3) is 0 Å². The minimum absolute atomic E-state index is 0. The van der Waals surface area contributed by atoms with Crippen LogP contribution in [-0.4, -0.2) is 36.6 Å². The number of hydrogen-bond acceptors (Lipinski definition) is 4. The zero-order valence-electron chi connectivity index (χ0n) is 18.3. The Labute approximate surface area is 208 Å². The molecule has 0 aromatic heterocycles. The Morgan fingerprint density at radius 3 is 1.26 bits per heavy atom. The van der Waals surface area contributed by atoms with Gasteiger partial charge in [-0.1, -0.05) is 87.6 Å². The number of aliphatic hydroxyl groups excluding tert-OH is 2. The fourth-order valence-corrected chi connectivity index (χ4v) is 4.95. The van der Waals surface area contributed by atoms with E-state index in [1.165, 1.54) is 22.3 Å². The van der Waals surface area contributed by atoms with Crippen molar-refractivity contribution in [3.8, 4) is 22.6 Å². The minimum atomic E-state index is -0.488. The van der Waals surface area contributed by atoms with Crippen molar-refractivity contribution in [2.75, 3.05) is 26.4 Å². The summed E-state index contributed by atoms with van der Waals surface area (Å²) in [6.45, 7) is 0.505. The highest BCUT2D eigenvalue weighted by Gasteiger charge is 2.45. The molecule has 2 N–H and O–H groups in total. The van der Waals surface area contributed by atoms with Gasteiger partial charge < -0.3 is 19.7 Å². The molecule has 4 aromatic carbocycles. The zero-order valence-corrected chi connectivity index (χ0v) is 18.3. The molecular weight excluding hydrogens is 436 g/mol. The van der Waals surface area contributed by atoms with E-state index in [2.05, 4.69) is 72.8 Å². The van der Waals surface area contributed by atoms with Crippen LogP contribution in [0.15, 0.2) is 97.1 Å². The molecular formula is C31H34O4. The molecule has 182 valence electrons. The fourth-order valence-electron chi connectivity index (χ4n) is 4.95. The second-order valence-corrected chi connectivity index (χ2v) is 8.03. The Balaban J connectivity index is 0.00000171. The van der Waals surface area contributed by atoms with Crippen molar-refractivity contribution >= 4 is 0 Å². The second kappa shape index (κ2) is 11.2. The summed E-state index contributed by atoms with van der Waals surface area (Å²) in [4.78, 5) is 0. The van der Waals surface area contributed by atoms with Gasteiger partial charge in [-0.25, -0.2) is 0 Å². The van der Waals surface area contributed by atoms with E-state index in [4.69, 9.17) is 19.7 Å². The van der Waals surface area contributed by atoms with Crippen LogP contribution in [0.4, 0.5) is 0 Å². The number of benzene rings is 4. The Hall–Kier alpha value is -3.60. The first-order valence-corrected chi connectivity index (χ1v) is 11.2. The van der Waals surface area contributed by atoms with E-state index in [0.717, 1.165) is 22.6 Å². The van der Waals surface area contributed by atoms with Gasteiger partial charge in [0.15, 0.2) is 0 Å². The molecule has 4 heteroatoms. The van der Waals surface area contributed by atoms with E-state index < -0.39 is 5.41 Å². The van der Waals surface area contributed by atoms with Crippen molar-refractivity contribution in [1.29, 1.82) is 0 Å². The quantitative estimate of drug-likeness (QED) is 0.289. The molecule has 1 aliphatic rings. The first-order chi connectivity index (χ1) is 16.3. The van der Waals surface area contributed by atoms with E-state index in [0.29, 0.717) is 0 Å². The Kier molecular flexibility index (Phi) is 8.34. The van der Waals surface area contributed by atoms with Crippen LogP contribution >= 0.6 is 0 Å². The lowest BCUT2D eigenvalue weighted by atomic mass is 9.68. The smallest absolute Gasteiger partial charge is 0.119 e. The SMILES string of the molecule is C.C.OCCOc1ccc(C2(c3ccc(OCCO)cc3)c3ccccc3-c3ccccc32)cc1. The summed E-state index contributed by atoms with van der Waals surface area (Å²) < 4.78 is 11.2. The highest BCUT2D eigenvalue weighted by atomic mass is 16.5. The molecule has 0 amide bonds. The number of fused-ring (bicyclic) bond motifs is 3. The molecule has 35 heavy (non-hydrogen) atoms. The maximum Gasteiger partial charge on any atom is 0.119 e. The van der Waals surface area contributed by atoms with Crippen LogP contribution in [0.5, 0.6) is 11.5 Å². The molecule has 0 atom stereocenters. The van der Waals surface area contributed by atoms with Crippen LogP contribution in [0.3, 0.4) is 0 Å². The molecule has 0 saturated carbocycles. The normalized spacial score (nSPS) is 12.5. The average Bonchev–Trinajstić information content (AvgIpc) is 3.18. The lowest BCUT2D eigenvalue weighted by Gasteiger charge is -2.34. The molecule has 4 nitrogen and oxygen atoms in total. The summed E-state index contributed by atoms with van der Waals surface area (Å²) in [5, 5.41) is 18.2. The average molecular weight is 471 g/mol. The molecule has 5 rings (SSSR count). The number of aliphatic hydroxyl groups is 2. The number of rotatable bonds is 8. The van der Waals surface area contributed by atoms with Crippen molar-refractivity contribution in [3.05, 3.63) is 119 Å². The molecule has 0 fully saturated rings. The first-order valence-electron chi connectivity index (χ1n) is 11.2. The zero-order chi connectivity index (χ0) is 22.7. The predicted octanol–water partition coefficient (Wildman–Crippen LogP) is 6.06. The van der Waals surface area contributed by atoms with Crippen LogP contribution in [0.1, 0.15) is 37.1 Å². The van der Waals surface area contributed by atoms with Gasteiger partial charge in [-0.2, -0.15) is 0 Å². The van der Waals surface area contributed by atoms with Crippen LogP contribution < -0.4 is 9.47 Å². The lowest BCUT2D eigenvalue weighted by molar-refractivity contribution is 0.201. The largest absolute Gasteiger partial charge is 0.491 e. The summed E-state index contributed by atoms with van der Waals surface area (Å²) >= 11 is 0. The van der Waals surface area contributed by atoms with Gasteiger partial charge in [0.05, 0.1) is 18.6 Å². The second-order valence-electron chi connectivity index (χ2n) is 8.03. The summed E-state index contributed by atoms with van der Waals surface area (Å²) in [5.41, 5.74) is 6.72. The number of ether oxygens (including phenoxy) is 2. The maximum absolute atomic E-state index is 9.09. The molecule has 0 spiro atoms. The third-order valence-corrected chi connectivity index (χ3v) is 6.25. The van der Waals surface area contributed by atoms with Gasteiger partial charge in [0, 0.05) is 0 Å². The molecule has 0 unspecified atom stereocenters. The minimum Gasteiger partial charge on any atom is -0.491 e. The molecule has 1 aliphatic carbocycles. The fraction of sp³-hybridized carbons (Fsp3) is 0.226. The van der Waals surface area contributed by atoms with Crippen molar-refractivity contribution in [1.82, 2.24) is 0 Å². The monoisotopic (exact) mass is 470 g/mol. The lowest BCUT2D eigenvalue weighted by Crippen LogP contribution is -2.28. The highest BCUT2D eigenvalue weighted by Crippen LogP contribution is 2.56. The van der Waals surface area contributed by atoms with E-state index in [9.17, 15) is 0 Å². The van der Waals surface area contributed by atoms with E-state index in [1.54, 1.807) is 0 Å². The van der Waals surface area contributed by atoms with E-state index in [-0.39, 0.29) is 41.3 Å². The molecule has 0 saturated heterocycles. The van der Waals surface area contributed by atoms with Crippen LogP contribution in [0, 0.1) is 0 Å². The van der Waals surface area contributed by atoms with E-state index >= 15 is 0 Å². The maximum atomic E-state index is 9.09. The van der Waals surface area contributed by atoms with Crippen molar-refractivity contribution in [3.63, 3.8) is 0 Å². The molecule has 0 bridgehead atoms. The Bertz CT molecular complexity index is 1130. The Morgan fingerprint density at radius 2 is 0.886 bits per heavy atom. The van der Waals surface area contributed by atoms with Gasteiger partial charge in [0.1, 0.15) is 24.7 Å². The summed E-state index contributed by atoms with van der Waals surface area (Å²) in [6.07, 6.45) is 0. The molecule has 0 aliphatic heterocycles.